The lowest BCUT2D eigenvalue weighted by molar-refractivity contribution is 0.0962. The van der Waals surface area contributed by atoms with E-state index in [4.69, 9.17) is 4.74 Å². The molecule has 180 valence electrons. The van der Waals surface area contributed by atoms with Crippen molar-refractivity contribution in [2.75, 3.05) is 17.3 Å². The van der Waals surface area contributed by atoms with Gasteiger partial charge in [-0.3, -0.25) is 29.7 Å². The van der Waals surface area contributed by atoms with Crippen molar-refractivity contribution in [2.45, 2.75) is 18.4 Å². The third-order valence-electron chi connectivity index (χ3n) is 5.21. The van der Waals surface area contributed by atoms with Crippen LogP contribution >= 0.6 is 0 Å². The van der Waals surface area contributed by atoms with Gasteiger partial charge in [0, 0.05) is 17.8 Å². The highest BCUT2D eigenvalue weighted by Gasteiger charge is 2.17. The zero-order valence-electron chi connectivity index (χ0n) is 19.0. The fourth-order valence-electron chi connectivity index (χ4n) is 3.42. The van der Waals surface area contributed by atoms with E-state index in [9.17, 15) is 18.0 Å². The van der Waals surface area contributed by atoms with E-state index in [0.717, 1.165) is 0 Å². The molecule has 3 aromatic carbocycles. The fraction of sp³-hybridized carbons (Fsp3) is 0.125. The molecule has 0 fully saturated rings. The quantitative estimate of drug-likeness (QED) is 0.322. The number of anilines is 2. The molecular formula is C24H23N5O5S. The number of fused-ring (bicyclic) bond motifs is 1. The van der Waals surface area contributed by atoms with Crippen LogP contribution in [0.4, 0.5) is 11.6 Å². The number of carbonyl (C=O) groups excluding carboxylic acids is 1. The Morgan fingerprint density at radius 2 is 1.77 bits per heavy atom. The summed E-state index contributed by atoms with van der Waals surface area (Å²) >= 11 is 0. The zero-order valence-corrected chi connectivity index (χ0v) is 19.8. The lowest BCUT2D eigenvalue weighted by Crippen LogP contribution is -2.34. The summed E-state index contributed by atoms with van der Waals surface area (Å²) in [5, 5.41) is 0.466. The van der Waals surface area contributed by atoms with Crippen molar-refractivity contribution in [3.05, 3.63) is 88.7 Å². The molecular weight excluding hydrogens is 470 g/mol. The lowest BCUT2D eigenvalue weighted by atomic mass is 10.2. The molecule has 4 rings (SSSR count). The van der Waals surface area contributed by atoms with E-state index in [1.165, 1.54) is 35.9 Å². The molecule has 0 unspecified atom stereocenters. The number of para-hydroxylation sites is 1. The summed E-state index contributed by atoms with van der Waals surface area (Å²) in [6.07, 6.45) is 0. The predicted molar refractivity (Wildman–Crippen MR) is 133 cm³/mol. The number of sulfonamides is 1. The van der Waals surface area contributed by atoms with Gasteiger partial charge in [0.2, 0.25) is 5.95 Å². The second-order valence-electron chi connectivity index (χ2n) is 7.44. The molecule has 1 heterocycles. The molecule has 3 N–H and O–H groups in total. The van der Waals surface area contributed by atoms with Crippen molar-refractivity contribution in [1.82, 2.24) is 15.0 Å². The number of nitrogens with one attached hydrogen (secondary N) is 3. The molecule has 0 saturated carbocycles. The molecule has 35 heavy (non-hydrogen) atoms. The molecule has 0 atom stereocenters. The summed E-state index contributed by atoms with van der Waals surface area (Å²) in [4.78, 5) is 29.8. The van der Waals surface area contributed by atoms with Crippen LogP contribution in [0.25, 0.3) is 10.9 Å². The van der Waals surface area contributed by atoms with Crippen molar-refractivity contribution < 1.29 is 17.9 Å². The summed E-state index contributed by atoms with van der Waals surface area (Å²) < 4.78 is 34.6. The van der Waals surface area contributed by atoms with Gasteiger partial charge in [-0.05, 0) is 61.5 Å². The molecule has 0 aliphatic heterocycles. The van der Waals surface area contributed by atoms with Crippen LogP contribution < -0.4 is 25.9 Å². The zero-order chi connectivity index (χ0) is 25.0. The largest absolute Gasteiger partial charge is 0.497 e. The summed E-state index contributed by atoms with van der Waals surface area (Å²) in [5.41, 5.74) is 5.85. The van der Waals surface area contributed by atoms with Crippen molar-refractivity contribution >= 4 is 38.5 Å². The molecule has 11 heteroatoms. The first-order valence-corrected chi connectivity index (χ1v) is 12.1. The number of nitrogens with zero attached hydrogens (tertiary/aromatic N) is 2. The first kappa shape index (κ1) is 23.8. The van der Waals surface area contributed by atoms with Crippen LogP contribution in [-0.4, -0.2) is 31.0 Å². The molecule has 0 aliphatic carbocycles. The van der Waals surface area contributed by atoms with Gasteiger partial charge in [-0.2, -0.15) is 0 Å². The predicted octanol–water partition coefficient (Wildman–Crippen LogP) is 2.98. The topological polar surface area (TPSA) is 131 Å². The standard InChI is InChI=1S/C24H23N5O5S/c1-3-29-23(31)20-9-4-5-10-21(20)25-24(29)27-26-22(30)16-7-6-8-19(15-16)35(32,33)28-17-11-13-18(34-2)14-12-17/h4-15,28H,3H2,1-2H3,(H,25,27)(H,26,30). The number of ether oxygens (including phenoxy) is 1. The highest BCUT2D eigenvalue weighted by molar-refractivity contribution is 7.92. The second kappa shape index (κ2) is 9.85. The van der Waals surface area contributed by atoms with Crippen molar-refractivity contribution in [2.24, 2.45) is 0 Å². The number of hydrogen-bond donors (Lipinski definition) is 3. The molecule has 10 nitrogen and oxygen atoms in total. The Morgan fingerprint density at radius 3 is 2.49 bits per heavy atom. The van der Waals surface area contributed by atoms with E-state index in [2.05, 4.69) is 20.6 Å². The van der Waals surface area contributed by atoms with Crippen molar-refractivity contribution in [1.29, 1.82) is 0 Å². The Labute approximate surface area is 201 Å². The van der Waals surface area contributed by atoms with Crippen molar-refractivity contribution in [3.63, 3.8) is 0 Å². The van der Waals surface area contributed by atoms with Gasteiger partial charge in [-0.25, -0.2) is 13.4 Å². The summed E-state index contributed by atoms with van der Waals surface area (Å²) in [6, 6.07) is 18.9. The van der Waals surface area contributed by atoms with E-state index in [0.29, 0.717) is 28.9 Å². The molecule has 0 radical (unpaired) electrons. The summed E-state index contributed by atoms with van der Waals surface area (Å²) in [5.74, 6) is 0.152. The fourth-order valence-corrected chi connectivity index (χ4v) is 4.52. The number of hydrazine groups is 1. The molecule has 1 aromatic heterocycles. The van der Waals surface area contributed by atoms with Crippen LogP contribution in [0.3, 0.4) is 0 Å². The second-order valence-corrected chi connectivity index (χ2v) is 9.13. The summed E-state index contributed by atoms with van der Waals surface area (Å²) in [7, 11) is -2.43. The van der Waals surface area contributed by atoms with E-state index >= 15 is 0 Å². The van der Waals surface area contributed by atoms with Crippen LogP contribution in [0, 0.1) is 0 Å². The SMILES string of the molecule is CCn1c(NNC(=O)c2cccc(S(=O)(=O)Nc3ccc(OC)cc3)c2)nc2ccccc2c1=O. The third-order valence-corrected chi connectivity index (χ3v) is 6.59. The van der Waals surface area contributed by atoms with E-state index in [1.54, 1.807) is 55.5 Å². The van der Waals surface area contributed by atoms with E-state index < -0.39 is 15.9 Å². The lowest BCUT2D eigenvalue weighted by Gasteiger charge is -2.14. The molecule has 1 amide bonds. The molecule has 0 aliphatic rings. The van der Waals surface area contributed by atoms with Crippen LogP contribution in [0.15, 0.2) is 82.5 Å². The van der Waals surface area contributed by atoms with Crippen LogP contribution in [0.5, 0.6) is 5.75 Å². The number of aromatic nitrogens is 2. The Hall–Kier alpha value is -4.38. The first-order valence-electron chi connectivity index (χ1n) is 10.7. The van der Waals surface area contributed by atoms with Gasteiger partial charge in [-0.15, -0.1) is 0 Å². The van der Waals surface area contributed by atoms with Crippen LogP contribution in [-0.2, 0) is 16.6 Å². The number of benzene rings is 3. The van der Waals surface area contributed by atoms with E-state index in [1.807, 2.05) is 0 Å². The Balaban J connectivity index is 1.53. The van der Waals surface area contributed by atoms with Gasteiger partial charge >= 0.3 is 0 Å². The van der Waals surface area contributed by atoms with Gasteiger partial charge in [0.15, 0.2) is 0 Å². The van der Waals surface area contributed by atoms with Gasteiger partial charge < -0.3 is 4.74 Å². The average molecular weight is 494 g/mol. The highest BCUT2D eigenvalue weighted by Crippen LogP contribution is 2.20. The Morgan fingerprint density at radius 1 is 1.03 bits per heavy atom. The monoisotopic (exact) mass is 493 g/mol. The molecule has 0 spiro atoms. The minimum Gasteiger partial charge on any atom is -0.497 e. The van der Waals surface area contributed by atoms with Crippen LogP contribution in [0.2, 0.25) is 0 Å². The molecule has 0 bridgehead atoms. The maximum absolute atomic E-state index is 12.8. The number of rotatable bonds is 8. The van der Waals surface area contributed by atoms with Gasteiger partial charge in [0.05, 0.1) is 22.9 Å². The minimum absolute atomic E-state index is 0.0877. The Kier molecular flexibility index (Phi) is 6.69. The first-order chi connectivity index (χ1) is 16.8. The maximum Gasteiger partial charge on any atom is 0.269 e. The Bertz CT molecular complexity index is 1550. The number of carbonyl (C=O) groups is 1. The highest BCUT2D eigenvalue weighted by atomic mass is 32.2. The van der Waals surface area contributed by atoms with Crippen molar-refractivity contribution in [3.8, 4) is 5.75 Å². The third kappa shape index (κ3) is 5.09. The number of methoxy groups -OCH3 is 1. The van der Waals surface area contributed by atoms with E-state index in [-0.39, 0.29) is 22.0 Å². The molecule has 0 saturated heterocycles. The number of hydrogen-bond acceptors (Lipinski definition) is 7. The van der Waals surface area contributed by atoms with Gasteiger partial charge in [-0.1, -0.05) is 18.2 Å². The number of amides is 1. The van der Waals surface area contributed by atoms with Crippen LogP contribution in [0.1, 0.15) is 17.3 Å². The van der Waals surface area contributed by atoms with Gasteiger partial charge in [0.25, 0.3) is 21.5 Å². The summed E-state index contributed by atoms with van der Waals surface area (Å²) in [6.45, 7) is 2.12. The molecule has 4 aromatic rings. The smallest absolute Gasteiger partial charge is 0.269 e. The average Bonchev–Trinajstić information content (AvgIpc) is 2.87. The maximum atomic E-state index is 12.8. The normalized spacial score (nSPS) is 11.1. The minimum atomic E-state index is -3.95. The van der Waals surface area contributed by atoms with Gasteiger partial charge in [0.1, 0.15) is 5.75 Å².